The fraction of sp³-hybridized carbons (Fsp3) is 0.375. The molecule has 4 aromatic heterocycles. The fourth-order valence-corrected chi connectivity index (χ4v) is 5.48. The third-order valence-electron chi connectivity index (χ3n) is 7.82. The topological polar surface area (TPSA) is 155 Å². The number of para-hydroxylation sites is 1. The van der Waals surface area contributed by atoms with E-state index in [-0.39, 0.29) is 24.2 Å². The van der Waals surface area contributed by atoms with Crippen LogP contribution < -0.4 is 10.6 Å². The van der Waals surface area contributed by atoms with Gasteiger partial charge in [0, 0.05) is 50.4 Å². The number of aromatic nitrogens is 6. The number of pyridine rings is 1. The van der Waals surface area contributed by atoms with Crippen molar-refractivity contribution in [3.63, 3.8) is 0 Å². The third kappa shape index (κ3) is 6.91. The van der Waals surface area contributed by atoms with Crippen LogP contribution in [-0.2, 0) is 14.3 Å². The van der Waals surface area contributed by atoms with E-state index >= 15 is 4.39 Å². The maximum Gasteiger partial charge on any atom is 0.435 e. The Hall–Kier alpha value is -4.99. The molecule has 246 valence electrons. The first kappa shape index (κ1) is 32.0. The van der Waals surface area contributed by atoms with E-state index in [1.165, 1.54) is 12.4 Å². The van der Waals surface area contributed by atoms with Crippen molar-refractivity contribution in [1.82, 2.24) is 39.5 Å². The number of benzene rings is 1. The lowest BCUT2D eigenvalue weighted by molar-refractivity contribution is -0.124. The minimum Gasteiger partial charge on any atom is -0.442 e. The summed E-state index contributed by atoms with van der Waals surface area (Å²) in [4.78, 5) is 46.6. The molecule has 1 aliphatic heterocycles. The van der Waals surface area contributed by atoms with Crippen LogP contribution in [0.4, 0.5) is 26.5 Å². The number of hydrogen-bond acceptors (Lipinski definition) is 11. The average Bonchev–Trinajstić information content (AvgIpc) is 3.66. The number of fused-ring (bicyclic) bond motifs is 2. The Kier molecular flexibility index (Phi) is 8.86. The summed E-state index contributed by atoms with van der Waals surface area (Å²) in [5, 5.41) is 10.9. The van der Waals surface area contributed by atoms with Crippen LogP contribution in [0.5, 0.6) is 0 Å². The molecule has 0 saturated carbocycles. The second-order valence-corrected chi connectivity index (χ2v) is 12.4. The Bertz CT molecular complexity index is 1930. The zero-order chi connectivity index (χ0) is 33.3. The van der Waals surface area contributed by atoms with E-state index in [0.29, 0.717) is 38.9 Å². The van der Waals surface area contributed by atoms with Gasteiger partial charge in [-0.2, -0.15) is 9.78 Å². The number of nitrogens with zero attached hydrogens (tertiary/aromatic N) is 7. The second kappa shape index (κ2) is 13.0. The summed E-state index contributed by atoms with van der Waals surface area (Å²) in [7, 11) is 3.65. The molecule has 15 heteroatoms. The highest BCUT2D eigenvalue weighted by Crippen LogP contribution is 2.33. The van der Waals surface area contributed by atoms with Crippen molar-refractivity contribution in [3.05, 3.63) is 54.9 Å². The predicted octanol–water partition coefficient (Wildman–Crippen LogP) is 4.24. The molecule has 1 atom stereocenters. The van der Waals surface area contributed by atoms with Crippen molar-refractivity contribution in [2.75, 3.05) is 57.6 Å². The van der Waals surface area contributed by atoms with E-state index in [4.69, 9.17) is 9.47 Å². The Labute approximate surface area is 270 Å². The predicted molar refractivity (Wildman–Crippen MR) is 175 cm³/mol. The summed E-state index contributed by atoms with van der Waals surface area (Å²) in [5.74, 6) is -0.699. The van der Waals surface area contributed by atoms with Crippen molar-refractivity contribution < 1.29 is 23.5 Å². The summed E-state index contributed by atoms with van der Waals surface area (Å²) in [6.45, 7) is 8.82. The first-order valence-corrected chi connectivity index (χ1v) is 15.2. The Morgan fingerprint density at radius 1 is 1.11 bits per heavy atom. The fourth-order valence-electron chi connectivity index (χ4n) is 5.48. The number of carbonyl (C=O) groups is 2. The number of halogens is 1. The smallest absolute Gasteiger partial charge is 0.435 e. The van der Waals surface area contributed by atoms with Gasteiger partial charge in [-0.05, 0) is 40.0 Å². The normalized spacial score (nSPS) is 15.2. The number of hydrogen-bond donors (Lipinski definition) is 3. The zero-order valence-electron chi connectivity index (χ0n) is 26.9. The molecular weight excluding hydrogens is 607 g/mol. The molecule has 0 aliphatic carbocycles. The number of methoxy groups -OCH3 is 1. The quantitative estimate of drug-likeness (QED) is 0.222. The third-order valence-corrected chi connectivity index (χ3v) is 7.82. The lowest BCUT2D eigenvalue weighted by atomic mass is 10.1. The lowest BCUT2D eigenvalue weighted by Gasteiger charge is -2.36. The van der Waals surface area contributed by atoms with Gasteiger partial charge in [0.05, 0.1) is 42.1 Å². The number of rotatable bonds is 8. The number of likely N-dealkylation sites (N-methyl/N-ethyl adjacent to an activating group) is 1. The Balaban J connectivity index is 1.25. The van der Waals surface area contributed by atoms with Gasteiger partial charge in [0.15, 0.2) is 5.82 Å². The number of ether oxygens (including phenoxy) is 2. The van der Waals surface area contributed by atoms with Crippen molar-refractivity contribution >= 4 is 51.3 Å². The Morgan fingerprint density at radius 3 is 2.64 bits per heavy atom. The first-order valence-electron chi connectivity index (χ1n) is 15.2. The van der Waals surface area contributed by atoms with Crippen LogP contribution in [0.2, 0.25) is 0 Å². The molecule has 1 aliphatic rings. The molecule has 6 rings (SSSR count). The van der Waals surface area contributed by atoms with Gasteiger partial charge >= 0.3 is 6.09 Å². The SMILES string of the molecule is COC[C@H](C(=O)Nc1cccc2c(-c3nc(Nc4cnc5cnn(C(=O)OC(C)(C)C)c5c4)ncc3F)c[nH]c12)N1CCN(C)CC1. The number of anilines is 3. The van der Waals surface area contributed by atoms with Crippen LogP contribution in [0, 0.1) is 5.82 Å². The molecule has 1 fully saturated rings. The maximum absolute atomic E-state index is 15.2. The molecule has 0 radical (unpaired) electrons. The molecule has 0 bridgehead atoms. The first-order chi connectivity index (χ1) is 22.5. The second-order valence-electron chi connectivity index (χ2n) is 12.4. The number of amides is 1. The molecular formula is C32H37FN10O4. The molecule has 1 saturated heterocycles. The van der Waals surface area contributed by atoms with Crippen LogP contribution >= 0.6 is 0 Å². The summed E-state index contributed by atoms with van der Waals surface area (Å²) in [5.41, 5.74) is 2.38. The minimum absolute atomic E-state index is 0.0553. The van der Waals surface area contributed by atoms with Crippen molar-refractivity contribution in [2.45, 2.75) is 32.4 Å². The van der Waals surface area contributed by atoms with Gasteiger partial charge in [0.2, 0.25) is 11.9 Å². The molecule has 3 N–H and O–H groups in total. The maximum atomic E-state index is 15.2. The monoisotopic (exact) mass is 644 g/mol. The molecule has 5 heterocycles. The summed E-state index contributed by atoms with van der Waals surface area (Å²) in [6.07, 6.45) is 5.09. The van der Waals surface area contributed by atoms with E-state index in [0.717, 1.165) is 37.1 Å². The molecule has 47 heavy (non-hydrogen) atoms. The van der Waals surface area contributed by atoms with Gasteiger partial charge in [-0.15, -0.1) is 0 Å². The molecule has 0 spiro atoms. The highest BCUT2D eigenvalue weighted by atomic mass is 19.1. The largest absolute Gasteiger partial charge is 0.442 e. The van der Waals surface area contributed by atoms with Crippen LogP contribution in [-0.4, -0.2) is 110 Å². The van der Waals surface area contributed by atoms with Gasteiger partial charge in [-0.25, -0.2) is 19.2 Å². The molecule has 14 nitrogen and oxygen atoms in total. The van der Waals surface area contributed by atoms with E-state index in [2.05, 4.69) is 52.5 Å². The van der Waals surface area contributed by atoms with E-state index in [1.54, 1.807) is 52.3 Å². The molecule has 5 aromatic rings. The minimum atomic E-state index is -0.706. The van der Waals surface area contributed by atoms with Crippen molar-refractivity contribution in [1.29, 1.82) is 0 Å². The van der Waals surface area contributed by atoms with E-state index in [9.17, 15) is 9.59 Å². The Morgan fingerprint density at radius 2 is 1.89 bits per heavy atom. The van der Waals surface area contributed by atoms with Gasteiger partial charge in [-0.1, -0.05) is 12.1 Å². The van der Waals surface area contributed by atoms with Gasteiger partial charge in [0.25, 0.3) is 0 Å². The highest BCUT2D eigenvalue weighted by molar-refractivity contribution is 6.06. The van der Waals surface area contributed by atoms with Gasteiger partial charge in [0.1, 0.15) is 28.4 Å². The zero-order valence-corrected chi connectivity index (χ0v) is 26.9. The lowest BCUT2D eigenvalue weighted by Crippen LogP contribution is -2.54. The summed E-state index contributed by atoms with van der Waals surface area (Å²) in [6, 6.07) is 6.62. The molecule has 0 unspecified atom stereocenters. The van der Waals surface area contributed by atoms with Crippen LogP contribution in [0.15, 0.2) is 49.1 Å². The highest BCUT2D eigenvalue weighted by Gasteiger charge is 2.29. The average molecular weight is 645 g/mol. The summed E-state index contributed by atoms with van der Waals surface area (Å²) >= 11 is 0. The van der Waals surface area contributed by atoms with E-state index in [1.807, 2.05) is 6.07 Å². The number of piperazine rings is 1. The molecule has 1 amide bonds. The van der Waals surface area contributed by atoms with Gasteiger partial charge < -0.3 is 30.0 Å². The van der Waals surface area contributed by atoms with Gasteiger partial charge in [-0.3, -0.25) is 14.7 Å². The van der Waals surface area contributed by atoms with Crippen molar-refractivity contribution in [2.24, 2.45) is 0 Å². The van der Waals surface area contributed by atoms with Crippen molar-refractivity contribution in [3.8, 4) is 11.3 Å². The standard InChI is InChI=1S/C32H37FN10O4/c1-32(2,3)47-31(45)43-25-13-19(14-34-24(25)17-37-43)38-30-36-16-22(33)27(40-30)21-15-35-28-20(21)7-6-8-23(28)39-29(44)26(18-46-5)42-11-9-41(4)10-12-42/h6-8,13-17,26,35H,9-12,18H2,1-5H3,(H,39,44)(H,36,38,40)/t26-/m1/s1. The van der Waals surface area contributed by atoms with Crippen LogP contribution in [0.25, 0.3) is 33.2 Å². The van der Waals surface area contributed by atoms with Crippen LogP contribution in [0.1, 0.15) is 20.8 Å². The molecule has 1 aromatic carbocycles. The number of H-pyrrole nitrogens is 1. The van der Waals surface area contributed by atoms with E-state index < -0.39 is 23.6 Å². The summed E-state index contributed by atoms with van der Waals surface area (Å²) < 4.78 is 27.2. The number of aromatic amines is 1. The van der Waals surface area contributed by atoms with Crippen LogP contribution in [0.3, 0.4) is 0 Å². The number of nitrogens with one attached hydrogen (secondary N) is 3. The number of carbonyl (C=O) groups excluding carboxylic acids is 2.